The molecule has 3 nitrogen and oxygen atoms in total. The zero-order valence-corrected chi connectivity index (χ0v) is 11.4. The first-order valence-electron chi connectivity index (χ1n) is 6.10. The highest BCUT2D eigenvalue weighted by Crippen LogP contribution is 2.19. The Labute approximate surface area is 108 Å². The van der Waals surface area contributed by atoms with E-state index in [9.17, 15) is 4.79 Å². The Hall–Kier alpha value is -1.77. The first-order valence-corrected chi connectivity index (χ1v) is 6.10. The first-order chi connectivity index (χ1) is 8.56. The summed E-state index contributed by atoms with van der Waals surface area (Å²) in [5.74, 6) is 0.506. The predicted octanol–water partition coefficient (Wildman–Crippen LogP) is 3.44. The molecule has 0 amide bonds. The lowest BCUT2D eigenvalue weighted by molar-refractivity contribution is -0.134. The van der Waals surface area contributed by atoms with Gasteiger partial charge >= 0.3 is 5.97 Å². The molecule has 0 aliphatic heterocycles. The maximum atomic E-state index is 11.1. The number of ether oxygens (including phenoxy) is 2. The molecule has 1 rings (SSSR count). The van der Waals surface area contributed by atoms with Gasteiger partial charge in [-0.3, -0.25) is 0 Å². The summed E-state index contributed by atoms with van der Waals surface area (Å²) in [7, 11) is 1.37. The van der Waals surface area contributed by atoms with Crippen LogP contribution >= 0.6 is 0 Å². The van der Waals surface area contributed by atoms with Crippen molar-refractivity contribution in [2.45, 2.75) is 33.3 Å². The number of benzene rings is 1. The molecule has 98 valence electrons. The molecule has 1 aromatic carbocycles. The highest BCUT2D eigenvalue weighted by atomic mass is 16.5. The molecule has 0 saturated heterocycles. The van der Waals surface area contributed by atoms with Gasteiger partial charge in [0.1, 0.15) is 5.75 Å². The van der Waals surface area contributed by atoms with Gasteiger partial charge in [0, 0.05) is 6.08 Å². The molecule has 3 heteroatoms. The number of allylic oxidation sites excluding steroid dienone is 1. The quantitative estimate of drug-likeness (QED) is 0.591. The van der Waals surface area contributed by atoms with Crippen LogP contribution in [0.3, 0.4) is 0 Å². The summed E-state index contributed by atoms with van der Waals surface area (Å²) < 4.78 is 10.3. The van der Waals surface area contributed by atoms with E-state index < -0.39 is 0 Å². The van der Waals surface area contributed by atoms with Crippen molar-refractivity contribution in [1.29, 1.82) is 0 Å². The van der Waals surface area contributed by atoms with Crippen LogP contribution in [0, 0.1) is 0 Å². The minimum atomic E-state index is -0.340. The van der Waals surface area contributed by atoms with Crippen LogP contribution in [0.2, 0.25) is 0 Å². The summed E-state index contributed by atoms with van der Waals surface area (Å²) in [4.78, 5) is 11.1. The summed E-state index contributed by atoms with van der Waals surface area (Å²) in [5.41, 5.74) is 1.86. The molecular weight excluding hydrogens is 228 g/mol. The fourth-order valence-electron chi connectivity index (χ4n) is 1.43. The predicted molar refractivity (Wildman–Crippen MR) is 72.5 cm³/mol. The lowest BCUT2D eigenvalue weighted by Crippen LogP contribution is -2.09. The molecule has 0 radical (unpaired) electrons. The Morgan fingerprint density at radius 1 is 1.33 bits per heavy atom. The van der Waals surface area contributed by atoms with Crippen LogP contribution in [0.5, 0.6) is 5.75 Å². The Bertz CT molecular complexity index is 418. The normalized spacial score (nSPS) is 13.0. The molecule has 0 heterocycles. The minimum Gasteiger partial charge on any atom is -0.491 e. The summed E-state index contributed by atoms with van der Waals surface area (Å²) in [6, 6.07) is 7.70. The Morgan fingerprint density at radius 2 is 1.94 bits per heavy atom. The van der Waals surface area contributed by atoms with Crippen molar-refractivity contribution < 1.29 is 14.3 Å². The van der Waals surface area contributed by atoms with E-state index in [-0.39, 0.29) is 12.1 Å². The number of carbonyl (C=O) groups is 1. The number of carbonyl (C=O) groups excluding carboxylic acids is 1. The molecule has 0 bridgehead atoms. The molecule has 0 aliphatic rings. The van der Waals surface area contributed by atoms with Crippen LogP contribution in [-0.4, -0.2) is 19.2 Å². The average molecular weight is 248 g/mol. The molecule has 0 fully saturated rings. The highest BCUT2D eigenvalue weighted by Gasteiger charge is 2.03. The molecule has 1 aromatic rings. The van der Waals surface area contributed by atoms with Gasteiger partial charge in [-0.2, -0.15) is 0 Å². The fourth-order valence-corrected chi connectivity index (χ4v) is 1.43. The van der Waals surface area contributed by atoms with Gasteiger partial charge in [0.05, 0.1) is 13.2 Å². The van der Waals surface area contributed by atoms with Crippen LogP contribution in [0.4, 0.5) is 0 Å². The van der Waals surface area contributed by atoms with Crippen molar-refractivity contribution in [2.75, 3.05) is 7.11 Å². The summed E-state index contributed by atoms with van der Waals surface area (Å²) in [5, 5.41) is 0. The SMILES string of the molecule is CCC(C)Oc1ccc(C(C)=CC(=O)OC)cc1. The van der Waals surface area contributed by atoms with Crippen molar-refractivity contribution in [3.05, 3.63) is 35.9 Å². The van der Waals surface area contributed by atoms with E-state index in [1.165, 1.54) is 13.2 Å². The minimum absolute atomic E-state index is 0.211. The van der Waals surface area contributed by atoms with E-state index in [2.05, 4.69) is 11.7 Å². The van der Waals surface area contributed by atoms with Crippen molar-refractivity contribution in [3.63, 3.8) is 0 Å². The molecule has 0 aliphatic carbocycles. The third-order valence-corrected chi connectivity index (χ3v) is 2.76. The second kappa shape index (κ2) is 6.84. The zero-order chi connectivity index (χ0) is 13.5. The smallest absolute Gasteiger partial charge is 0.330 e. The van der Waals surface area contributed by atoms with Crippen molar-refractivity contribution in [3.8, 4) is 5.75 Å². The van der Waals surface area contributed by atoms with Gasteiger partial charge in [-0.25, -0.2) is 4.79 Å². The molecule has 0 spiro atoms. The van der Waals surface area contributed by atoms with Gasteiger partial charge in [0.25, 0.3) is 0 Å². The van der Waals surface area contributed by atoms with E-state index in [1.54, 1.807) is 0 Å². The fraction of sp³-hybridized carbons (Fsp3) is 0.400. The van der Waals surface area contributed by atoms with E-state index in [4.69, 9.17) is 4.74 Å². The highest BCUT2D eigenvalue weighted by molar-refractivity contribution is 5.90. The van der Waals surface area contributed by atoms with Gasteiger partial charge < -0.3 is 9.47 Å². The largest absolute Gasteiger partial charge is 0.491 e. The monoisotopic (exact) mass is 248 g/mol. The van der Waals surface area contributed by atoms with E-state index in [0.29, 0.717) is 0 Å². The number of hydrogen-bond acceptors (Lipinski definition) is 3. The van der Waals surface area contributed by atoms with Crippen LogP contribution in [0.15, 0.2) is 30.3 Å². The van der Waals surface area contributed by atoms with Crippen LogP contribution in [-0.2, 0) is 9.53 Å². The standard InChI is InChI=1S/C15H20O3/c1-5-12(3)18-14-8-6-13(7-9-14)11(2)10-15(16)17-4/h6-10,12H,5H2,1-4H3. The molecule has 18 heavy (non-hydrogen) atoms. The molecule has 1 atom stereocenters. The summed E-state index contributed by atoms with van der Waals surface area (Å²) in [6.07, 6.45) is 2.66. The topological polar surface area (TPSA) is 35.5 Å². The van der Waals surface area contributed by atoms with Gasteiger partial charge in [0.2, 0.25) is 0 Å². The third kappa shape index (κ3) is 4.24. The van der Waals surface area contributed by atoms with Gasteiger partial charge in [0.15, 0.2) is 0 Å². The zero-order valence-electron chi connectivity index (χ0n) is 11.4. The Kier molecular flexibility index (Phi) is 5.43. The number of methoxy groups -OCH3 is 1. The summed E-state index contributed by atoms with van der Waals surface area (Å²) in [6.45, 7) is 6.00. The van der Waals surface area contributed by atoms with Crippen LogP contribution in [0.1, 0.15) is 32.8 Å². The van der Waals surface area contributed by atoms with Crippen LogP contribution < -0.4 is 4.74 Å². The molecular formula is C15H20O3. The number of rotatable bonds is 5. The second-order valence-electron chi connectivity index (χ2n) is 4.21. The second-order valence-corrected chi connectivity index (χ2v) is 4.21. The summed E-state index contributed by atoms with van der Waals surface area (Å²) >= 11 is 0. The maximum absolute atomic E-state index is 11.1. The van der Waals surface area contributed by atoms with Gasteiger partial charge in [-0.15, -0.1) is 0 Å². The Balaban J connectivity index is 2.76. The lowest BCUT2D eigenvalue weighted by Gasteiger charge is -2.12. The molecule has 1 unspecified atom stereocenters. The van der Waals surface area contributed by atoms with Crippen molar-refractivity contribution in [2.24, 2.45) is 0 Å². The van der Waals surface area contributed by atoms with E-state index in [1.807, 2.05) is 38.1 Å². The van der Waals surface area contributed by atoms with Crippen molar-refractivity contribution >= 4 is 11.5 Å². The number of esters is 1. The van der Waals surface area contributed by atoms with E-state index in [0.717, 1.165) is 23.3 Å². The van der Waals surface area contributed by atoms with Crippen LogP contribution in [0.25, 0.3) is 5.57 Å². The Morgan fingerprint density at radius 3 is 2.44 bits per heavy atom. The van der Waals surface area contributed by atoms with E-state index >= 15 is 0 Å². The maximum Gasteiger partial charge on any atom is 0.330 e. The molecule has 0 aromatic heterocycles. The third-order valence-electron chi connectivity index (χ3n) is 2.76. The molecule has 0 saturated carbocycles. The number of hydrogen-bond donors (Lipinski definition) is 0. The molecule has 0 N–H and O–H groups in total. The van der Waals surface area contributed by atoms with Gasteiger partial charge in [-0.1, -0.05) is 19.1 Å². The van der Waals surface area contributed by atoms with Gasteiger partial charge in [-0.05, 0) is 43.5 Å². The average Bonchev–Trinajstić information content (AvgIpc) is 2.39. The first kappa shape index (κ1) is 14.3. The lowest BCUT2D eigenvalue weighted by atomic mass is 10.1. The van der Waals surface area contributed by atoms with Crippen molar-refractivity contribution in [1.82, 2.24) is 0 Å².